The third kappa shape index (κ3) is 2.90. The summed E-state index contributed by atoms with van der Waals surface area (Å²) in [6.07, 6.45) is -0.201. The van der Waals surface area contributed by atoms with Gasteiger partial charge in [0.2, 0.25) is 5.78 Å². The van der Waals surface area contributed by atoms with Crippen LogP contribution in [0.25, 0.3) is 0 Å². The van der Waals surface area contributed by atoms with Crippen LogP contribution in [0, 0.1) is 17.7 Å². The molecule has 11 heteroatoms. The molecule has 0 unspecified atom stereocenters. The highest BCUT2D eigenvalue weighted by molar-refractivity contribution is 6.24. The largest absolute Gasteiger partial charge is 0.510 e. The number of phenols is 1. The number of carbonyl (C=O) groups excluding carboxylic acids is 3. The summed E-state index contributed by atoms with van der Waals surface area (Å²) in [7, 11) is 6.23. The van der Waals surface area contributed by atoms with Crippen LogP contribution in [0.15, 0.2) is 28.7 Å². The molecule has 0 spiro atoms. The smallest absolute Gasteiger partial charge is 0.255 e. The number of ketones is 2. The Kier molecular flexibility index (Phi) is 5.26. The quantitative estimate of drug-likeness (QED) is 0.387. The van der Waals surface area contributed by atoms with Crippen LogP contribution in [0.3, 0.4) is 0 Å². The highest BCUT2D eigenvalue weighted by Gasteiger charge is 2.63. The van der Waals surface area contributed by atoms with E-state index in [0.29, 0.717) is 0 Å². The van der Waals surface area contributed by atoms with Crippen molar-refractivity contribution in [2.45, 2.75) is 24.5 Å². The standard InChI is InChI=1S/C23H26FN3O7/c1-26(2)11-7-12(28)14-9(16(11)24)5-8-6-10-17(27(3)4)19(30)15(22(25)33)21(32)23(10,34)20(31)13(8)18(14)29/h7-8,10,17,28,30-31,34H,5-6H2,1-4H3,(H2,25,33)/t8-,10-,17-,23-/m0/s1. The summed E-state index contributed by atoms with van der Waals surface area (Å²) in [5, 5.41) is 43.9. The van der Waals surface area contributed by atoms with Gasteiger partial charge >= 0.3 is 0 Å². The molecule has 4 rings (SSSR count). The molecule has 4 atom stereocenters. The van der Waals surface area contributed by atoms with Gasteiger partial charge in [-0.3, -0.25) is 19.3 Å². The van der Waals surface area contributed by atoms with Crippen molar-refractivity contribution in [3.05, 3.63) is 45.7 Å². The molecule has 3 aliphatic carbocycles. The lowest BCUT2D eigenvalue weighted by atomic mass is 9.58. The van der Waals surface area contributed by atoms with Crippen molar-refractivity contribution < 1.29 is 39.2 Å². The molecule has 0 aromatic heterocycles. The van der Waals surface area contributed by atoms with E-state index >= 15 is 4.39 Å². The number of Topliss-reactive ketones (excluding diaryl/α,β-unsaturated/α-hetero) is 2. The van der Waals surface area contributed by atoms with Gasteiger partial charge in [-0.1, -0.05) is 0 Å². The summed E-state index contributed by atoms with van der Waals surface area (Å²) < 4.78 is 15.3. The number of amides is 1. The molecule has 0 saturated carbocycles. The fourth-order valence-corrected chi connectivity index (χ4v) is 5.60. The third-order valence-corrected chi connectivity index (χ3v) is 7.12. The van der Waals surface area contributed by atoms with Crippen molar-refractivity contribution in [2.75, 3.05) is 33.1 Å². The fraction of sp³-hybridized carbons (Fsp3) is 0.435. The number of primary amides is 1. The van der Waals surface area contributed by atoms with Crippen molar-refractivity contribution in [1.82, 2.24) is 4.90 Å². The lowest BCUT2D eigenvalue weighted by Crippen LogP contribution is -2.63. The number of rotatable bonds is 3. The van der Waals surface area contributed by atoms with Crippen LogP contribution >= 0.6 is 0 Å². The maximum atomic E-state index is 15.3. The van der Waals surface area contributed by atoms with E-state index in [1.54, 1.807) is 14.1 Å². The number of carbonyl (C=O) groups is 3. The summed E-state index contributed by atoms with van der Waals surface area (Å²) in [6, 6.07) is -0.0128. The van der Waals surface area contributed by atoms with Gasteiger partial charge in [-0.05, 0) is 32.9 Å². The molecule has 10 nitrogen and oxygen atoms in total. The zero-order chi connectivity index (χ0) is 25.4. The van der Waals surface area contributed by atoms with Crippen LogP contribution in [0.5, 0.6) is 5.75 Å². The molecular formula is C23H26FN3O7. The van der Waals surface area contributed by atoms with Gasteiger partial charge in [0, 0.05) is 37.2 Å². The van der Waals surface area contributed by atoms with Crippen molar-refractivity contribution >= 4 is 23.2 Å². The Labute approximate surface area is 194 Å². The number of aliphatic hydroxyl groups excluding tert-OH is 2. The number of aromatic hydroxyl groups is 1. The Balaban J connectivity index is 1.97. The molecule has 1 amide bonds. The maximum Gasteiger partial charge on any atom is 0.255 e. The van der Waals surface area contributed by atoms with E-state index in [0.717, 1.165) is 6.07 Å². The van der Waals surface area contributed by atoms with Crippen LogP contribution in [0.2, 0.25) is 0 Å². The van der Waals surface area contributed by atoms with Crippen LogP contribution < -0.4 is 10.6 Å². The first-order valence-electron chi connectivity index (χ1n) is 10.6. The number of anilines is 1. The molecule has 0 bridgehead atoms. The van der Waals surface area contributed by atoms with Crippen molar-refractivity contribution in [3.63, 3.8) is 0 Å². The summed E-state index contributed by atoms with van der Waals surface area (Å²) >= 11 is 0. The highest BCUT2D eigenvalue weighted by atomic mass is 19.1. The normalized spacial score (nSPS) is 28.6. The van der Waals surface area contributed by atoms with Gasteiger partial charge in [0.15, 0.2) is 17.2 Å². The Hall–Kier alpha value is -3.44. The number of nitrogens with zero attached hydrogens (tertiary/aromatic N) is 2. The van der Waals surface area contributed by atoms with Crippen LogP contribution in [0.4, 0.5) is 10.1 Å². The van der Waals surface area contributed by atoms with Crippen LogP contribution in [-0.2, 0) is 16.0 Å². The number of aliphatic hydroxyl groups is 3. The van der Waals surface area contributed by atoms with E-state index in [1.165, 1.54) is 23.9 Å². The van der Waals surface area contributed by atoms with Gasteiger partial charge in [-0.15, -0.1) is 0 Å². The Morgan fingerprint density at radius 3 is 2.32 bits per heavy atom. The third-order valence-electron chi connectivity index (χ3n) is 7.12. The first-order valence-corrected chi connectivity index (χ1v) is 10.6. The minimum Gasteiger partial charge on any atom is -0.510 e. The van der Waals surface area contributed by atoms with E-state index in [4.69, 9.17) is 5.73 Å². The number of likely N-dealkylation sites (N-methyl/N-ethyl adjacent to an activating group) is 1. The predicted molar refractivity (Wildman–Crippen MR) is 118 cm³/mol. The summed E-state index contributed by atoms with van der Waals surface area (Å²) in [4.78, 5) is 41.4. The molecule has 6 N–H and O–H groups in total. The monoisotopic (exact) mass is 475 g/mol. The Bertz CT molecular complexity index is 1220. The number of hydrogen-bond donors (Lipinski definition) is 5. The number of phenolic OH excluding ortho intramolecular Hbond substituents is 1. The minimum atomic E-state index is -2.72. The number of benzene rings is 1. The molecular weight excluding hydrogens is 449 g/mol. The maximum absolute atomic E-state index is 15.3. The average Bonchev–Trinajstić information content (AvgIpc) is 2.72. The van der Waals surface area contributed by atoms with Gasteiger partial charge in [0.25, 0.3) is 5.91 Å². The fourth-order valence-electron chi connectivity index (χ4n) is 5.60. The van der Waals surface area contributed by atoms with Crippen molar-refractivity contribution in [3.8, 4) is 5.75 Å². The molecule has 182 valence electrons. The SMILES string of the molecule is CN(C)c1cc(O)c2c(c1F)C[C@H]1C[C@H]3[C@H](N(C)C)C(O)=C(C(N)=O)C(=O)[C@@]3(O)C(O)=C1C2=O. The van der Waals surface area contributed by atoms with E-state index in [2.05, 4.69) is 0 Å². The number of allylic oxidation sites excluding steroid dienone is 1. The molecule has 1 aromatic rings. The summed E-state index contributed by atoms with van der Waals surface area (Å²) in [5.41, 5.74) is 1.03. The second-order valence-corrected chi connectivity index (χ2v) is 9.44. The topological polar surface area (TPSA) is 165 Å². The molecule has 0 radical (unpaired) electrons. The molecule has 1 aromatic carbocycles. The predicted octanol–water partition coefficient (Wildman–Crippen LogP) is 0.326. The molecule has 34 heavy (non-hydrogen) atoms. The lowest BCUT2D eigenvalue weighted by molar-refractivity contribution is -0.148. The molecule has 0 saturated heterocycles. The molecule has 0 aliphatic heterocycles. The van der Waals surface area contributed by atoms with E-state index in [-0.39, 0.29) is 35.2 Å². The van der Waals surface area contributed by atoms with Crippen LogP contribution in [0.1, 0.15) is 22.3 Å². The summed E-state index contributed by atoms with van der Waals surface area (Å²) in [5.74, 6) is -8.37. The molecule has 0 heterocycles. The zero-order valence-corrected chi connectivity index (χ0v) is 19.1. The zero-order valence-electron chi connectivity index (χ0n) is 19.1. The summed E-state index contributed by atoms with van der Waals surface area (Å²) in [6.45, 7) is 0. The van der Waals surface area contributed by atoms with E-state index in [9.17, 15) is 34.8 Å². The van der Waals surface area contributed by atoms with Crippen LogP contribution in [-0.4, -0.2) is 82.6 Å². The van der Waals surface area contributed by atoms with Gasteiger partial charge in [0.1, 0.15) is 22.8 Å². The Morgan fingerprint density at radius 2 is 1.79 bits per heavy atom. The second kappa shape index (κ2) is 7.54. The molecule has 3 aliphatic rings. The highest BCUT2D eigenvalue weighted by Crippen LogP contribution is 2.52. The first kappa shape index (κ1) is 23.7. The molecule has 0 fully saturated rings. The van der Waals surface area contributed by atoms with Crippen molar-refractivity contribution in [1.29, 1.82) is 0 Å². The van der Waals surface area contributed by atoms with Gasteiger partial charge in [-0.2, -0.15) is 0 Å². The van der Waals surface area contributed by atoms with E-state index in [1.807, 2.05) is 0 Å². The second-order valence-electron chi connectivity index (χ2n) is 9.44. The van der Waals surface area contributed by atoms with Gasteiger partial charge in [-0.25, -0.2) is 4.39 Å². The Morgan fingerprint density at radius 1 is 1.18 bits per heavy atom. The lowest BCUT2D eigenvalue weighted by Gasteiger charge is -2.50. The van der Waals surface area contributed by atoms with Gasteiger partial charge < -0.3 is 31.1 Å². The number of nitrogens with two attached hydrogens (primary N) is 1. The first-order chi connectivity index (χ1) is 15.7. The average molecular weight is 475 g/mol. The number of hydrogen-bond acceptors (Lipinski definition) is 9. The van der Waals surface area contributed by atoms with E-state index < -0.39 is 69.6 Å². The van der Waals surface area contributed by atoms with Gasteiger partial charge in [0.05, 0.1) is 17.3 Å². The minimum absolute atomic E-state index is 0.0400. The van der Waals surface area contributed by atoms with Crippen molar-refractivity contribution in [2.24, 2.45) is 17.6 Å². The number of halogens is 1. The number of fused-ring (bicyclic) bond motifs is 3.